The molecular formula is C12H25N3O3S. The summed E-state index contributed by atoms with van der Waals surface area (Å²) < 4.78 is 24.5. The molecule has 0 aromatic heterocycles. The Morgan fingerprint density at radius 2 is 1.74 bits per heavy atom. The van der Waals surface area contributed by atoms with Crippen LogP contribution in [0.4, 0.5) is 0 Å². The van der Waals surface area contributed by atoms with Crippen molar-refractivity contribution in [3.8, 4) is 0 Å². The van der Waals surface area contributed by atoms with Gasteiger partial charge in [-0.05, 0) is 20.4 Å². The van der Waals surface area contributed by atoms with Gasteiger partial charge in [0, 0.05) is 32.2 Å². The fourth-order valence-corrected chi connectivity index (χ4v) is 3.34. The number of carbonyl (C=O) groups is 1. The van der Waals surface area contributed by atoms with Gasteiger partial charge in [0.1, 0.15) is 0 Å². The molecule has 1 heterocycles. The maximum Gasteiger partial charge on any atom is 0.237 e. The Bertz CT molecular complexity index is 400. The van der Waals surface area contributed by atoms with E-state index in [2.05, 4.69) is 11.8 Å². The number of carbonyl (C=O) groups excluding carboxylic acids is 1. The van der Waals surface area contributed by atoms with Gasteiger partial charge in [-0.1, -0.05) is 6.92 Å². The van der Waals surface area contributed by atoms with E-state index < -0.39 is 10.0 Å². The van der Waals surface area contributed by atoms with Gasteiger partial charge in [0.05, 0.1) is 12.8 Å². The molecule has 1 aliphatic rings. The van der Waals surface area contributed by atoms with Crippen molar-refractivity contribution < 1.29 is 13.2 Å². The minimum absolute atomic E-state index is 0.0530. The summed E-state index contributed by atoms with van der Waals surface area (Å²) >= 11 is 0. The first kappa shape index (κ1) is 16.4. The number of likely N-dealkylation sites (N-methyl/N-ethyl adjacent to an activating group) is 1. The van der Waals surface area contributed by atoms with E-state index in [1.807, 2.05) is 0 Å². The first-order valence-corrected chi connectivity index (χ1v) is 8.57. The van der Waals surface area contributed by atoms with E-state index in [1.54, 1.807) is 18.7 Å². The standard InChI is InChI=1S/C12H25N3O3S/c1-5-13-6-8-14(9-7-13)12(16)10-15(11(2)3)19(4,17)18/h11H,5-10H2,1-4H3. The lowest BCUT2D eigenvalue weighted by molar-refractivity contribution is -0.133. The lowest BCUT2D eigenvalue weighted by Crippen LogP contribution is -2.52. The van der Waals surface area contributed by atoms with Gasteiger partial charge in [0.15, 0.2) is 0 Å². The van der Waals surface area contributed by atoms with Crippen LogP contribution in [0.15, 0.2) is 0 Å². The van der Waals surface area contributed by atoms with Gasteiger partial charge in [-0.25, -0.2) is 8.42 Å². The number of rotatable bonds is 5. The predicted octanol–water partition coefficient (Wildman–Crippen LogP) is -0.179. The monoisotopic (exact) mass is 291 g/mol. The first-order chi connectivity index (χ1) is 8.75. The molecule has 0 unspecified atom stereocenters. The smallest absolute Gasteiger partial charge is 0.237 e. The molecule has 0 atom stereocenters. The van der Waals surface area contributed by atoms with Crippen LogP contribution in [0.5, 0.6) is 0 Å². The SMILES string of the molecule is CCN1CCN(C(=O)CN(C(C)C)S(C)(=O)=O)CC1. The maximum absolute atomic E-state index is 12.2. The van der Waals surface area contributed by atoms with Crippen LogP contribution in [0.25, 0.3) is 0 Å². The Morgan fingerprint density at radius 3 is 2.11 bits per heavy atom. The average Bonchev–Trinajstić information content (AvgIpc) is 2.34. The molecule has 1 saturated heterocycles. The van der Waals surface area contributed by atoms with Crippen LogP contribution in [0.2, 0.25) is 0 Å². The maximum atomic E-state index is 12.2. The van der Waals surface area contributed by atoms with Crippen LogP contribution in [0.1, 0.15) is 20.8 Å². The summed E-state index contributed by atoms with van der Waals surface area (Å²) in [6, 6.07) is -0.198. The summed E-state index contributed by atoms with van der Waals surface area (Å²) in [6.45, 7) is 9.69. The number of sulfonamides is 1. The zero-order chi connectivity index (χ0) is 14.6. The van der Waals surface area contributed by atoms with Gasteiger partial charge in [-0.2, -0.15) is 4.31 Å². The fourth-order valence-electron chi connectivity index (χ4n) is 2.23. The number of hydrogen-bond acceptors (Lipinski definition) is 4. The van der Waals surface area contributed by atoms with Gasteiger partial charge in [-0.15, -0.1) is 0 Å². The zero-order valence-electron chi connectivity index (χ0n) is 12.3. The molecule has 0 N–H and O–H groups in total. The zero-order valence-corrected chi connectivity index (χ0v) is 13.1. The van der Waals surface area contributed by atoms with Gasteiger partial charge in [0.25, 0.3) is 0 Å². The third-order valence-electron chi connectivity index (χ3n) is 3.47. The summed E-state index contributed by atoms with van der Waals surface area (Å²) in [5.74, 6) is -0.102. The Labute approximate surface area is 116 Å². The highest BCUT2D eigenvalue weighted by Gasteiger charge is 2.27. The van der Waals surface area contributed by atoms with Gasteiger partial charge >= 0.3 is 0 Å². The molecule has 19 heavy (non-hydrogen) atoms. The molecular weight excluding hydrogens is 266 g/mol. The second-order valence-corrected chi connectivity index (χ2v) is 7.15. The minimum Gasteiger partial charge on any atom is -0.339 e. The third kappa shape index (κ3) is 4.74. The van der Waals surface area contributed by atoms with Crippen molar-refractivity contribution in [1.82, 2.24) is 14.1 Å². The molecule has 1 amide bonds. The summed E-state index contributed by atoms with van der Waals surface area (Å²) in [5.41, 5.74) is 0. The van der Waals surface area contributed by atoms with E-state index in [1.165, 1.54) is 4.31 Å². The molecule has 0 saturated carbocycles. The highest BCUT2D eigenvalue weighted by atomic mass is 32.2. The van der Waals surface area contributed by atoms with E-state index in [0.717, 1.165) is 25.9 Å². The largest absolute Gasteiger partial charge is 0.339 e. The lowest BCUT2D eigenvalue weighted by Gasteiger charge is -2.35. The number of piperazine rings is 1. The van der Waals surface area contributed by atoms with Crippen molar-refractivity contribution in [2.75, 3.05) is 45.5 Å². The quantitative estimate of drug-likeness (QED) is 0.705. The molecule has 0 aromatic carbocycles. The Balaban J connectivity index is 2.59. The Hall–Kier alpha value is -0.660. The van der Waals surface area contributed by atoms with Crippen molar-refractivity contribution in [3.63, 3.8) is 0 Å². The number of hydrogen-bond donors (Lipinski definition) is 0. The van der Waals surface area contributed by atoms with Crippen LogP contribution in [0, 0.1) is 0 Å². The molecule has 1 fully saturated rings. The topological polar surface area (TPSA) is 60.9 Å². The Kier molecular flexibility index (Phi) is 5.76. The first-order valence-electron chi connectivity index (χ1n) is 6.72. The predicted molar refractivity (Wildman–Crippen MR) is 75.4 cm³/mol. The van der Waals surface area contributed by atoms with Crippen molar-refractivity contribution in [3.05, 3.63) is 0 Å². The third-order valence-corrected chi connectivity index (χ3v) is 4.87. The molecule has 6 nitrogen and oxygen atoms in total. The molecule has 7 heteroatoms. The van der Waals surface area contributed by atoms with Crippen molar-refractivity contribution >= 4 is 15.9 Å². The molecule has 1 rings (SSSR count). The van der Waals surface area contributed by atoms with Crippen LogP contribution in [-0.4, -0.2) is 80.0 Å². The van der Waals surface area contributed by atoms with E-state index >= 15 is 0 Å². The molecule has 0 bridgehead atoms. The minimum atomic E-state index is -3.34. The van der Waals surface area contributed by atoms with E-state index in [0.29, 0.717) is 13.1 Å². The fraction of sp³-hybridized carbons (Fsp3) is 0.917. The molecule has 1 aliphatic heterocycles. The number of amides is 1. The van der Waals surface area contributed by atoms with Gasteiger partial charge in [0.2, 0.25) is 15.9 Å². The summed E-state index contributed by atoms with van der Waals surface area (Å²) in [4.78, 5) is 16.2. The van der Waals surface area contributed by atoms with Gasteiger partial charge in [-0.3, -0.25) is 4.79 Å². The Morgan fingerprint density at radius 1 is 1.21 bits per heavy atom. The molecule has 0 aliphatic carbocycles. The van der Waals surface area contributed by atoms with Gasteiger partial charge < -0.3 is 9.80 Å². The van der Waals surface area contributed by atoms with E-state index in [4.69, 9.17) is 0 Å². The molecule has 112 valence electrons. The summed E-state index contributed by atoms with van der Waals surface area (Å²) in [5, 5.41) is 0. The highest BCUT2D eigenvalue weighted by molar-refractivity contribution is 7.88. The molecule has 0 aromatic rings. The number of nitrogens with zero attached hydrogens (tertiary/aromatic N) is 3. The highest BCUT2D eigenvalue weighted by Crippen LogP contribution is 2.08. The summed E-state index contributed by atoms with van der Waals surface area (Å²) in [7, 11) is -3.34. The van der Waals surface area contributed by atoms with Crippen molar-refractivity contribution in [2.45, 2.75) is 26.8 Å². The second kappa shape index (κ2) is 6.67. The molecule has 0 radical (unpaired) electrons. The second-order valence-electron chi connectivity index (χ2n) is 5.22. The van der Waals surface area contributed by atoms with E-state index in [-0.39, 0.29) is 18.5 Å². The van der Waals surface area contributed by atoms with E-state index in [9.17, 15) is 13.2 Å². The average molecular weight is 291 g/mol. The normalized spacial score (nSPS) is 18.3. The van der Waals surface area contributed by atoms with Crippen LogP contribution in [-0.2, 0) is 14.8 Å². The van der Waals surface area contributed by atoms with Crippen molar-refractivity contribution in [2.24, 2.45) is 0 Å². The van der Waals surface area contributed by atoms with Crippen LogP contribution in [0.3, 0.4) is 0 Å². The van der Waals surface area contributed by atoms with Crippen LogP contribution >= 0.6 is 0 Å². The molecule has 0 spiro atoms. The van der Waals surface area contributed by atoms with Crippen LogP contribution < -0.4 is 0 Å². The van der Waals surface area contributed by atoms with Crippen molar-refractivity contribution in [1.29, 1.82) is 0 Å². The summed E-state index contributed by atoms with van der Waals surface area (Å²) in [6.07, 6.45) is 1.15. The lowest BCUT2D eigenvalue weighted by atomic mass is 10.3.